The Morgan fingerprint density at radius 2 is 2.00 bits per heavy atom. The first-order chi connectivity index (χ1) is 13.1. The van der Waals surface area contributed by atoms with E-state index in [2.05, 4.69) is 4.99 Å². The maximum Gasteiger partial charge on any atom is 0.271 e. The van der Waals surface area contributed by atoms with E-state index in [9.17, 15) is 15.2 Å². The normalized spacial score (nSPS) is 15.0. The molecule has 0 spiro atoms. The van der Waals surface area contributed by atoms with Crippen LogP contribution in [0.4, 0.5) is 5.69 Å². The zero-order valence-electron chi connectivity index (χ0n) is 15.6. The van der Waals surface area contributed by atoms with Crippen LogP contribution in [0.2, 0.25) is 0 Å². The summed E-state index contributed by atoms with van der Waals surface area (Å²) in [4.78, 5) is 17.2. The Morgan fingerprint density at radius 1 is 1.30 bits per heavy atom. The van der Waals surface area contributed by atoms with Crippen molar-refractivity contribution in [2.75, 3.05) is 7.11 Å². The summed E-state index contributed by atoms with van der Waals surface area (Å²) in [7, 11) is 1.56. The summed E-state index contributed by atoms with van der Waals surface area (Å²) >= 11 is 0. The fraction of sp³-hybridized carbons (Fsp3) is 0.381. The predicted octanol–water partition coefficient (Wildman–Crippen LogP) is 4.00. The van der Waals surface area contributed by atoms with Crippen molar-refractivity contribution in [3.8, 4) is 17.7 Å². The maximum atomic E-state index is 12.8. The predicted molar refractivity (Wildman–Crippen MR) is 104 cm³/mol. The second kappa shape index (κ2) is 8.09. The van der Waals surface area contributed by atoms with E-state index in [0.29, 0.717) is 22.6 Å². The van der Waals surface area contributed by atoms with Crippen LogP contribution in [0.5, 0.6) is 11.6 Å². The number of hydrogen-bond acceptors (Lipinski definition) is 5. The van der Waals surface area contributed by atoms with Crippen molar-refractivity contribution in [3.05, 3.63) is 51.3 Å². The summed E-state index contributed by atoms with van der Waals surface area (Å²) in [6.45, 7) is 1.66. The molecule has 1 aliphatic carbocycles. The lowest BCUT2D eigenvalue weighted by molar-refractivity contribution is 0.303. The summed E-state index contributed by atoms with van der Waals surface area (Å²) in [5.41, 5.74) is 1.06. The molecule has 1 aromatic carbocycles. The van der Waals surface area contributed by atoms with Crippen LogP contribution < -0.4 is 10.3 Å². The molecule has 1 fully saturated rings. The van der Waals surface area contributed by atoms with E-state index < -0.39 is 5.56 Å². The molecular formula is C21H23N3O3. The molecule has 2 aromatic rings. The molecule has 6 nitrogen and oxygen atoms in total. The van der Waals surface area contributed by atoms with Gasteiger partial charge in [-0.1, -0.05) is 31.4 Å². The largest absolute Gasteiger partial charge is 0.494 e. The number of para-hydroxylation sites is 2. The quantitative estimate of drug-likeness (QED) is 0.830. The molecule has 1 heterocycles. The Bertz CT molecular complexity index is 964. The molecule has 0 atom stereocenters. The van der Waals surface area contributed by atoms with Gasteiger partial charge in [0.1, 0.15) is 23.1 Å². The highest BCUT2D eigenvalue weighted by atomic mass is 16.5. The van der Waals surface area contributed by atoms with Gasteiger partial charge in [0.05, 0.1) is 12.7 Å². The van der Waals surface area contributed by atoms with Crippen molar-refractivity contribution in [2.45, 2.75) is 45.1 Å². The fourth-order valence-electron chi connectivity index (χ4n) is 3.64. The van der Waals surface area contributed by atoms with Gasteiger partial charge in [-0.3, -0.25) is 14.4 Å². The van der Waals surface area contributed by atoms with E-state index in [1.807, 2.05) is 18.2 Å². The first-order valence-electron chi connectivity index (χ1n) is 9.13. The average molecular weight is 365 g/mol. The molecule has 140 valence electrons. The Balaban J connectivity index is 2.13. The van der Waals surface area contributed by atoms with Crippen LogP contribution in [0.25, 0.3) is 0 Å². The van der Waals surface area contributed by atoms with Gasteiger partial charge in [-0.2, -0.15) is 5.26 Å². The summed E-state index contributed by atoms with van der Waals surface area (Å²) in [6, 6.07) is 9.19. The first-order valence-corrected chi connectivity index (χ1v) is 9.13. The Labute approximate surface area is 158 Å². The van der Waals surface area contributed by atoms with Crippen LogP contribution in [0.3, 0.4) is 0 Å². The number of aliphatic imine (C=N–C) groups is 1. The number of methoxy groups -OCH3 is 1. The summed E-state index contributed by atoms with van der Waals surface area (Å²) < 4.78 is 6.68. The van der Waals surface area contributed by atoms with Crippen LogP contribution >= 0.6 is 0 Å². The lowest BCUT2D eigenvalue weighted by Crippen LogP contribution is -2.30. The van der Waals surface area contributed by atoms with Crippen molar-refractivity contribution in [3.63, 3.8) is 0 Å². The Kier molecular flexibility index (Phi) is 5.60. The lowest BCUT2D eigenvalue weighted by atomic mass is 9.94. The van der Waals surface area contributed by atoms with E-state index in [1.54, 1.807) is 26.2 Å². The fourth-order valence-corrected chi connectivity index (χ4v) is 3.64. The van der Waals surface area contributed by atoms with E-state index >= 15 is 0 Å². The van der Waals surface area contributed by atoms with Gasteiger partial charge in [0.15, 0.2) is 0 Å². The van der Waals surface area contributed by atoms with Gasteiger partial charge >= 0.3 is 0 Å². The van der Waals surface area contributed by atoms with Crippen molar-refractivity contribution in [2.24, 2.45) is 4.99 Å². The van der Waals surface area contributed by atoms with E-state index in [1.165, 1.54) is 10.8 Å². The SMILES string of the molecule is COc1ccccc1N=Cc1c(C)c(C#N)c(=O)n(C2CCCCC2)c1O. The highest BCUT2D eigenvalue weighted by Crippen LogP contribution is 2.33. The second-order valence-corrected chi connectivity index (χ2v) is 6.75. The highest BCUT2D eigenvalue weighted by molar-refractivity contribution is 5.88. The van der Waals surface area contributed by atoms with Crippen LogP contribution in [0, 0.1) is 18.3 Å². The number of nitrogens with zero attached hydrogens (tertiary/aromatic N) is 3. The lowest BCUT2D eigenvalue weighted by Gasteiger charge is -2.26. The van der Waals surface area contributed by atoms with Crippen LogP contribution in [0.15, 0.2) is 34.1 Å². The van der Waals surface area contributed by atoms with Crippen molar-refractivity contribution >= 4 is 11.9 Å². The topological polar surface area (TPSA) is 87.6 Å². The number of ether oxygens (including phenoxy) is 1. The standard InChI is InChI=1S/C21H23N3O3/c1-14-16(12-22)20(25)24(15-8-4-3-5-9-15)21(26)17(14)13-23-18-10-6-7-11-19(18)27-2/h6-7,10-11,13,15,26H,3-5,8-9H2,1-2H3. The van der Waals surface area contributed by atoms with E-state index in [4.69, 9.17) is 4.74 Å². The van der Waals surface area contributed by atoms with Gasteiger partial charge in [0.2, 0.25) is 5.88 Å². The third-order valence-electron chi connectivity index (χ3n) is 5.15. The molecule has 0 saturated heterocycles. The van der Waals surface area contributed by atoms with Crippen molar-refractivity contribution in [1.82, 2.24) is 4.57 Å². The van der Waals surface area contributed by atoms with Crippen molar-refractivity contribution in [1.29, 1.82) is 5.26 Å². The molecule has 0 amide bonds. The van der Waals surface area contributed by atoms with E-state index in [-0.39, 0.29) is 17.5 Å². The molecule has 0 bridgehead atoms. The maximum absolute atomic E-state index is 12.8. The second-order valence-electron chi connectivity index (χ2n) is 6.75. The number of hydrogen-bond donors (Lipinski definition) is 1. The van der Waals surface area contributed by atoms with Crippen LogP contribution in [0.1, 0.15) is 54.8 Å². The minimum absolute atomic E-state index is 0.0554. The smallest absolute Gasteiger partial charge is 0.271 e. The molecular weight excluding hydrogens is 342 g/mol. The molecule has 1 aromatic heterocycles. The zero-order chi connectivity index (χ0) is 19.4. The Morgan fingerprint density at radius 3 is 2.67 bits per heavy atom. The molecule has 27 heavy (non-hydrogen) atoms. The highest BCUT2D eigenvalue weighted by Gasteiger charge is 2.24. The van der Waals surface area contributed by atoms with Gasteiger partial charge in [-0.15, -0.1) is 0 Å². The monoisotopic (exact) mass is 365 g/mol. The number of pyridine rings is 1. The first kappa shape index (κ1) is 18.7. The van der Waals surface area contributed by atoms with Gasteiger partial charge < -0.3 is 9.84 Å². The van der Waals surface area contributed by atoms with Crippen molar-refractivity contribution < 1.29 is 9.84 Å². The number of aromatic nitrogens is 1. The molecule has 3 rings (SSSR count). The summed E-state index contributed by atoms with van der Waals surface area (Å²) in [5.74, 6) is 0.481. The summed E-state index contributed by atoms with van der Waals surface area (Å²) in [5, 5.41) is 20.4. The minimum Gasteiger partial charge on any atom is -0.494 e. The Hall–Kier alpha value is -3.07. The molecule has 1 N–H and O–H groups in total. The number of nitriles is 1. The molecule has 6 heteroatoms. The summed E-state index contributed by atoms with van der Waals surface area (Å²) in [6.07, 6.45) is 6.30. The van der Waals surface area contributed by atoms with Gasteiger partial charge in [0, 0.05) is 12.3 Å². The number of rotatable bonds is 4. The molecule has 0 aliphatic heterocycles. The zero-order valence-corrected chi connectivity index (χ0v) is 15.6. The molecule has 1 saturated carbocycles. The van der Waals surface area contributed by atoms with Crippen LogP contribution in [-0.4, -0.2) is 23.0 Å². The minimum atomic E-state index is -0.422. The van der Waals surface area contributed by atoms with Crippen LogP contribution in [-0.2, 0) is 0 Å². The number of aromatic hydroxyl groups is 1. The van der Waals surface area contributed by atoms with E-state index in [0.717, 1.165) is 32.1 Å². The third-order valence-corrected chi connectivity index (χ3v) is 5.15. The molecule has 0 unspecified atom stereocenters. The van der Waals surface area contributed by atoms with Gasteiger partial charge in [0.25, 0.3) is 5.56 Å². The molecule has 0 radical (unpaired) electrons. The molecule has 1 aliphatic rings. The average Bonchev–Trinajstić information content (AvgIpc) is 2.69. The van der Waals surface area contributed by atoms with Gasteiger partial charge in [-0.25, -0.2) is 0 Å². The van der Waals surface area contributed by atoms with Gasteiger partial charge in [-0.05, 0) is 37.5 Å². The number of benzene rings is 1. The third kappa shape index (κ3) is 3.59.